The zero-order valence-corrected chi connectivity index (χ0v) is 6.87. The van der Waals surface area contributed by atoms with Gasteiger partial charge in [0.25, 0.3) is 0 Å². The summed E-state index contributed by atoms with van der Waals surface area (Å²) in [6, 6.07) is 1.92. The lowest BCUT2D eigenvalue weighted by atomic mass is 10.2. The Labute approximate surface area is 70.3 Å². The van der Waals surface area contributed by atoms with Crippen LogP contribution in [0.2, 0.25) is 0 Å². The van der Waals surface area contributed by atoms with Crippen LogP contribution >= 0.6 is 0 Å². The molecular formula is C7H12N4O. The maximum atomic E-state index is 10.4. The van der Waals surface area contributed by atoms with Crippen LogP contribution in [0.5, 0.6) is 0 Å². The third kappa shape index (κ3) is 2.35. The highest BCUT2D eigenvalue weighted by atomic mass is 16.1. The Bertz CT molecular complexity index is 244. The van der Waals surface area contributed by atoms with Gasteiger partial charge < -0.3 is 11.1 Å². The summed E-state index contributed by atoms with van der Waals surface area (Å²) in [7, 11) is 0. The molecule has 0 bridgehead atoms. The van der Waals surface area contributed by atoms with Gasteiger partial charge in [-0.1, -0.05) is 0 Å². The van der Waals surface area contributed by atoms with Crippen LogP contribution in [0.1, 0.15) is 18.7 Å². The van der Waals surface area contributed by atoms with Crippen molar-refractivity contribution in [2.24, 2.45) is 5.73 Å². The van der Waals surface area contributed by atoms with Crippen molar-refractivity contribution < 1.29 is 4.79 Å². The molecule has 1 amide bonds. The molecule has 1 heterocycles. The Hall–Kier alpha value is -1.36. The molecule has 0 fully saturated rings. The summed E-state index contributed by atoms with van der Waals surface area (Å²) in [5, 5.41) is 9.52. The van der Waals surface area contributed by atoms with Gasteiger partial charge in [-0.2, -0.15) is 5.10 Å². The molecule has 5 nitrogen and oxygen atoms in total. The molecule has 0 aliphatic rings. The van der Waals surface area contributed by atoms with Gasteiger partial charge in [0.15, 0.2) is 0 Å². The predicted octanol–water partition coefficient (Wildman–Crippen LogP) is -0.454. The number of nitrogens with two attached hydrogens (primary N) is 1. The van der Waals surface area contributed by atoms with E-state index in [1.54, 1.807) is 6.20 Å². The van der Waals surface area contributed by atoms with Gasteiger partial charge >= 0.3 is 0 Å². The van der Waals surface area contributed by atoms with Gasteiger partial charge in [0.2, 0.25) is 5.91 Å². The van der Waals surface area contributed by atoms with Gasteiger partial charge in [-0.25, -0.2) is 0 Å². The van der Waals surface area contributed by atoms with Crippen molar-refractivity contribution in [3.8, 4) is 0 Å². The molecule has 0 aliphatic carbocycles. The van der Waals surface area contributed by atoms with Crippen molar-refractivity contribution >= 4 is 5.91 Å². The molecule has 0 spiro atoms. The second-order valence-electron chi connectivity index (χ2n) is 2.58. The van der Waals surface area contributed by atoms with E-state index in [2.05, 4.69) is 15.5 Å². The largest absolute Gasteiger partial charge is 0.369 e. The highest BCUT2D eigenvalue weighted by Crippen LogP contribution is 2.05. The molecule has 12 heavy (non-hydrogen) atoms. The first kappa shape index (κ1) is 8.73. The third-order valence-corrected chi connectivity index (χ3v) is 1.57. The van der Waals surface area contributed by atoms with E-state index in [0.717, 1.165) is 5.69 Å². The summed E-state index contributed by atoms with van der Waals surface area (Å²) < 4.78 is 0. The molecular weight excluding hydrogens is 156 g/mol. The third-order valence-electron chi connectivity index (χ3n) is 1.57. The summed E-state index contributed by atoms with van der Waals surface area (Å²) in [4.78, 5) is 10.4. The Morgan fingerprint density at radius 1 is 1.92 bits per heavy atom. The number of carbonyl (C=O) groups excluding carboxylic acids is 1. The SMILES string of the molecule is CC(NCC(N)=O)c1ccn[nH]1. The second kappa shape index (κ2) is 3.87. The van der Waals surface area contributed by atoms with Crippen LogP contribution in [0.4, 0.5) is 0 Å². The first-order chi connectivity index (χ1) is 5.70. The maximum absolute atomic E-state index is 10.4. The Kier molecular flexibility index (Phi) is 2.82. The fraction of sp³-hybridized carbons (Fsp3) is 0.429. The lowest BCUT2D eigenvalue weighted by molar-refractivity contribution is -0.117. The minimum absolute atomic E-state index is 0.0694. The van der Waals surface area contributed by atoms with Crippen molar-refractivity contribution in [1.82, 2.24) is 15.5 Å². The normalized spacial score (nSPS) is 12.8. The highest BCUT2D eigenvalue weighted by Gasteiger charge is 2.05. The molecule has 0 saturated carbocycles. The van der Waals surface area contributed by atoms with E-state index in [-0.39, 0.29) is 18.5 Å². The number of carbonyl (C=O) groups is 1. The minimum Gasteiger partial charge on any atom is -0.369 e. The summed E-state index contributed by atoms with van der Waals surface area (Å²) in [5.41, 5.74) is 5.91. The number of rotatable bonds is 4. The molecule has 1 rings (SSSR count). The van der Waals surface area contributed by atoms with E-state index in [9.17, 15) is 4.79 Å². The summed E-state index contributed by atoms with van der Waals surface area (Å²) in [6.45, 7) is 2.11. The molecule has 5 heteroatoms. The fourth-order valence-electron chi connectivity index (χ4n) is 0.871. The number of amides is 1. The van der Waals surface area contributed by atoms with Crippen molar-refractivity contribution in [3.63, 3.8) is 0 Å². The average Bonchev–Trinajstić information content (AvgIpc) is 2.51. The number of H-pyrrole nitrogens is 1. The number of hydrogen-bond acceptors (Lipinski definition) is 3. The van der Waals surface area contributed by atoms with Gasteiger partial charge in [0.1, 0.15) is 0 Å². The molecule has 4 N–H and O–H groups in total. The lowest BCUT2D eigenvalue weighted by Gasteiger charge is -2.09. The number of nitrogens with one attached hydrogen (secondary N) is 2. The molecule has 66 valence electrons. The van der Waals surface area contributed by atoms with E-state index in [4.69, 9.17) is 5.73 Å². The van der Waals surface area contributed by atoms with Crippen molar-refractivity contribution in [1.29, 1.82) is 0 Å². The van der Waals surface area contributed by atoms with Crippen molar-refractivity contribution in [3.05, 3.63) is 18.0 Å². The predicted molar refractivity (Wildman–Crippen MR) is 44.2 cm³/mol. The topological polar surface area (TPSA) is 83.8 Å². The average molecular weight is 168 g/mol. The fourth-order valence-corrected chi connectivity index (χ4v) is 0.871. The molecule has 0 saturated heterocycles. The molecule has 0 aromatic carbocycles. The second-order valence-corrected chi connectivity index (χ2v) is 2.58. The van der Waals surface area contributed by atoms with Crippen LogP contribution in [-0.4, -0.2) is 22.6 Å². The van der Waals surface area contributed by atoms with Crippen molar-refractivity contribution in [2.45, 2.75) is 13.0 Å². The van der Waals surface area contributed by atoms with Crippen LogP contribution in [0.3, 0.4) is 0 Å². The monoisotopic (exact) mass is 168 g/mol. The zero-order valence-electron chi connectivity index (χ0n) is 6.87. The van der Waals surface area contributed by atoms with E-state index in [0.29, 0.717) is 0 Å². The van der Waals surface area contributed by atoms with Gasteiger partial charge in [-0.15, -0.1) is 0 Å². The molecule has 0 radical (unpaired) electrons. The zero-order chi connectivity index (χ0) is 8.97. The van der Waals surface area contributed by atoms with Crippen LogP contribution in [0.15, 0.2) is 12.3 Å². The minimum atomic E-state index is -0.360. The van der Waals surface area contributed by atoms with Crippen LogP contribution < -0.4 is 11.1 Å². The van der Waals surface area contributed by atoms with E-state index in [1.807, 2.05) is 13.0 Å². The van der Waals surface area contributed by atoms with E-state index in [1.165, 1.54) is 0 Å². The summed E-state index contributed by atoms with van der Waals surface area (Å²) in [5.74, 6) is -0.360. The van der Waals surface area contributed by atoms with E-state index >= 15 is 0 Å². The highest BCUT2D eigenvalue weighted by molar-refractivity contribution is 5.75. The lowest BCUT2D eigenvalue weighted by Crippen LogP contribution is -2.30. The number of nitrogens with zero attached hydrogens (tertiary/aromatic N) is 1. The standard InChI is InChI=1S/C7H12N4O/c1-5(9-4-7(8)12)6-2-3-10-11-6/h2-3,5,9H,4H2,1H3,(H2,8,12)(H,10,11). The first-order valence-electron chi connectivity index (χ1n) is 3.71. The quantitative estimate of drug-likeness (QED) is 0.569. The number of aromatic amines is 1. The Balaban J connectivity index is 2.39. The molecule has 1 aromatic heterocycles. The number of hydrogen-bond donors (Lipinski definition) is 3. The van der Waals surface area contributed by atoms with Crippen LogP contribution in [0, 0.1) is 0 Å². The summed E-state index contributed by atoms with van der Waals surface area (Å²) >= 11 is 0. The smallest absolute Gasteiger partial charge is 0.231 e. The molecule has 1 aromatic rings. The summed E-state index contributed by atoms with van der Waals surface area (Å²) in [6.07, 6.45) is 1.66. The number of aromatic nitrogens is 2. The number of primary amides is 1. The van der Waals surface area contributed by atoms with Gasteiger partial charge in [-0.3, -0.25) is 9.89 Å². The van der Waals surface area contributed by atoms with Gasteiger partial charge in [-0.05, 0) is 13.0 Å². The van der Waals surface area contributed by atoms with Gasteiger partial charge in [0, 0.05) is 12.2 Å². The molecule has 1 atom stereocenters. The maximum Gasteiger partial charge on any atom is 0.231 e. The Morgan fingerprint density at radius 3 is 3.17 bits per heavy atom. The first-order valence-corrected chi connectivity index (χ1v) is 3.71. The van der Waals surface area contributed by atoms with Crippen LogP contribution in [0.25, 0.3) is 0 Å². The molecule has 0 aliphatic heterocycles. The van der Waals surface area contributed by atoms with Crippen LogP contribution in [-0.2, 0) is 4.79 Å². The van der Waals surface area contributed by atoms with E-state index < -0.39 is 0 Å². The van der Waals surface area contributed by atoms with Crippen molar-refractivity contribution in [2.75, 3.05) is 6.54 Å². The molecule has 1 unspecified atom stereocenters. The Morgan fingerprint density at radius 2 is 2.67 bits per heavy atom. The van der Waals surface area contributed by atoms with Gasteiger partial charge in [0.05, 0.1) is 12.2 Å².